The third-order valence-electron chi connectivity index (χ3n) is 9.84. The number of allylic oxidation sites excluding steroid dienone is 1. The standard InChI is InChI=1S/C27H34O7/c1-25(2)19(12-20(28)32-5)27(4)17-6-8-26(3)18(15(17)10-16(22(25)30)23(27)31)11-21(29)34-24(26)14-7-9-33-13-14/h7,9,13,16-17,19,22,24,30H,6,8,10-12H2,1-5H3/t16-,17-,19-,22+,24-,26+,27+/m0/s1. The highest BCUT2D eigenvalue weighted by Gasteiger charge is 2.67. The molecule has 2 saturated carbocycles. The average Bonchev–Trinajstić information content (AvgIpc) is 3.32. The maximum absolute atomic E-state index is 13.9. The van der Waals surface area contributed by atoms with E-state index in [0.29, 0.717) is 6.42 Å². The van der Waals surface area contributed by atoms with E-state index in [4.69, 9.17) is 13.9 Å². The summed E-state index contributed by atoms with van der Waals surface area (Å²) in [6, 6.07) is 1.84. The van der Waals surface area contributed by atoms with Crippen LogP contribution in [-0.4, -0.2) is 36.0 Å². The molecular weight excluding hydrogens is 436 g/mol. The molecule has 0 amide bonds. The highest BCUT2D eigenvalue weighted by Crippen LogP contribution is 2.67. The van der Waals surface area contributed by atoms with Crippen LogP contribution in [0.4, 0.5) is 0 Å². The van der Waals surface area contributed by atoms with Crippen molar-refractivity contribution >= 4 is 17.7 Å². The van der Waals surface area contributed by atoms with Gasteiger partial charge in [0.25, 0.3) is 0 Å². The SMILES string of the molecule is COC(=O)C[C@H]1C(C)(C)[C@H](O)[C@@H]2CC3=C4CC(=O)O[C@@H](c5ccoc5)[C@]4(C)CC[C@@H]3[C@@]1(C)C2=O. The maximum atomic E-state index is 13.9. The Morgan fingerprint density at radius 2 is 1.97 bits per heavy atom. The van der Waals surface area contributed by atoms with Crippen molar-refractivity contribution in [2.45, 2.75) is 72.0 Å². The van der Waals surface area contributed by atoms with Gasteiger partial charge in [-0.2, -0.15) is 0 Å². The van der Waals surface area contributed by atoms with E-state index >= 15 is 0 Å². The Hall–Kier alpha value is -2.41. The number of cyclic esters (lactones) is 1. The van der Waals surface area contributed by atoms with Crippen LogP contribution in [0.3, 0.4) is 0 Å². The van der Waals surface area contributed by atoms with Crippen LogP contribution >= 0.6 is 0 Å². The number of ether oxygens (including phenoxy) is 2. The van der Waals surface area contributed by atoms with Gasteiger partial charge in [-0.1, -0.05) is 33.3 Å². The topological polar surface area (TPSA) is 103 Å². The third-order valence-corrected chi connectivity index (χ3v) is 9.84. The summed E-state index contributed by atoms with van der Waals surface area (Å²) in [4.78, 5) is 39.1. The van der Waals surface area contributed by atoms with E-state index in [9.17, 15) is 19.5 Å². The second kappa shape index (κ2) is 7.54. The predicted molar refractivity (Wildman–Crippen MR) is 121 cm³/mol. The van der Waals surface area contributed by atoms with Crippen molar-refractivity contribution in [2.75, 3.05) is 7.11 Å². The van der Waals surface area contributed by atoms with Gasteiger partial charge in [0.15, 0.2) is 0 Å². The van der Waals surface area contributed by atoms with Gasteiger partial charge in [-0.15, -0.1) is 0 Å². The molecule has 2 heterocycles. The largest absolute Gasteiger partial charge is 0.472 e. The fourth-order valence-corrected chi connectivity index (χ4v) is 7.98. The van der Waals surface area contributed by atoms with Gasteiger partial charge in [-0.05, 0) is 48.2 Å². The van der Waals surface area contributed by atoms with Crippen LogP contribution in [0, 0.1) is 34.0 Å². The van der Waals surface area contributed by atoms with Gasteiger partial charge >= 0.3 is 11.9 Å². The zero-order valence-electron chi connectivity index (χ0n) is 20.6. The van der Waals surface area contributed by atoms with Crippen molar-refractivity contribution in [1.29, 1.82) is 0 Å². The van der Waals surface area contributed by atoms with Crippen molar-refractivity contribution in [1.82, 2.24) is 0 Å². The molecule has 0 radical (unpaired) electrons. The Balaban J connectivity index is 1.67. The summed E-state index contributed by atoms with van der Waals surface area (Å²) in [5.74, 6) is -1.64. The van der Waals surface area contributed by atoms with E-state index in [0.717, 1.165) is 29.6 Å². The first-order valence-electron chi connectivity index (χ1n) is 12.2. The van der Waals surface area contributed by atoms with Crippen molar-refractivity contribution in [3.8, 4) is 0 Å². The third kappa shape index (κ3) is 2.95. The lowest BCUT2D eigenvalue weighted by Gasteiger charge is -2.63. The fourth-order valence-electron chi connectivity index (χ4n) is 7.98. The highest BCUT2D eigenvalue weighted by atomic mass is 16.5. The van der Waals surface area contributed by atoms with Crippen LogP contribution in [0.1, 0.15) is 71.5 Å². The van der Waals surface area contributed by atoms with Crippen LogP contribution in [0.25, 0.3) is 0 Å². The molecule has 4 aliphatic rings. The number of aliphatic hydroxyl groups is 1. The number of hydrogen-bond donors (Lipinski definition) is 1. The first kappa shape index (κ1) is 23.3. The Bertz CT molecular complexity index is 1070. The normalized spacial score (nSPS) is 40.8. The van der Waals surface area contributed by atoms with Gasteiger partial charge < -0.3 is 19.0 Å². The highest BCUT2D eigenvalue weighted by molar-refractivity contribution is 5.92. The van der Waals surface area contributed by atoms with E-state index in [1.807, 2.05) is 26.8 Å². The summed E-state index contributed by atoms with van der Waals surface area (Å²) in [7, 11) is 1.35. The summed E-state index contributed by atoms with van der Waals surface area (Å²) in [5.41, 5.74) is 1.11. The number of aliphatic hydroxyl groups excluding tert-OH is 1. The van der Waals surface area contributed by atoms with Crippen LogP contribution < -0.4 is 0 Å². The summed E-state index contributed by atoms with van der Waals surface area (Å²) < 4.78 is 16.1. The number of esters is 2. The number of furan rings is 1. The van der Waals surface area contributed by atoms with Crippen molar-refractivity contribution < 1.29 is 33.4 Å². The zero-order chi connectivity index (χ0) is 24.6. The Labute approximate surface area is 199 Å². The number of carbonyl (C=O) groups excluding carboxylic acids is 3. The minimum absolute atomic E-state index is 0.0379. The molecule has 1 N–H and O–H groups in total. The summed E-state index contributed by atoms with van der Waals surface area (Å²) in [5, 5.41) is 11.4. The Morgan fingerprint density at radius 3 is 2.62 bits per heavy atom. The molecular formula is C27H34O7. The van der Waals surface area contributed by atoms with Crippen LogP contribution in [0.5, 0.6) is 0 Å². The quantitative estimate of drug-likeness (QED) is 0.523. The van der Waals surface area contributed by atoms with E-state index < -0.39 is 34.4 Å². The van der Waals surface area contributed by atoms with E-state index in [1.165, 1.54) is 7.11 Å². The molecule has 5 rings (SSSR count). The zero-order valence-corrected chi connectivity index (χ0v) is 20.6. The molecule has 1 aromatic heterocycles. The summed E-state index contributed by atoms with van der Waals surface area (Å²) >= 11 is 0. The Morgan fingerprint density at radius 1 is 1.24 bits per heavy atom. The second-order valence-corrected chi connectivity index (χ2v) is 11.7. The first-order chi connectivity index (χ1) is 16.0. The van der Waals surface area contributed by atoms with Gasteiger partial charge in [0.1, 0.15) is 11.9 Å². The minimum atomic E-state index is -0.884. The number of fused-ring (bicyclic) bond motifs is 5. The van der Waals surface area contributed by atoms with E-state index in [2.05, 4.69) is 6.92 Å². The molecule has 3 aliphatic carbocycles. The Kier molecular flexibility index (Phi) is 5.18. The molecule has 0 aromatic carbocycles. The number of hydrogen-bond acceptors (Lipinski definition) is 7. The maximum Gasteiger partial charge on any atom is 0.310 e. The van der Waals surface area contributed by atoms with Gasteiger partial charge in [-0.25, -0.2) is 0 Å². The van der Waals surface area contributed by atoms with Gasteiger partial charge in [-0.3, -0.25) is 14.4 Å². The van der Waals surface area contributed by atoms with Gasteiger partial charge in [0.05, 0.1) is 32.2 Å². The monoisotopic (exact) mass is 470 g/mol. The smallest absolute Gasteiger partial charge is 0.310 e. The van der Waals surface area contributed by atoms with Crippen molar-refractivity contribution in [2.24, 2.45) is 34.0 Å². The number of carbonyl (C=O) groups is 3. The molecule has 0 unspecified atom stereocenters. The molecule has 34 heavy (non-hydrogen) atoms. The number of ketones is 1. The lowest BCUT2D eigenvalue weighted by atomic mass is 9.40. The molecule has 7 atom stereocenters. The van der Waals surface area contributed by atoms with Crippen LogP contribution in [-0.2, 0) is 23.9 Å². The lowest BCUT2D eigenvalue weighted by molar-refractivity contribution is -0.186. The van der Waals surface area contributed by atoms with Gasteiger partial charge in [0, 0.05) is 28.7 Å². The molecule has 2 bridgehead atoms. The lowest BCUT2D eigenvalue weighted by Crippen LogP contribution is -2.66. The molecule has 7 nitrogen and oxygen atoms in total. The molecule has 1 saturated heterocycles. The number of rotatable bonds is 3. The summed E-state index contributed by atoms with van der Waals surface area (Å²) in [6.07, 6.45) is 4.09. The van der Waals surface area contributed by atoms with Crippen molar-refractivity contribution in [3.63, 3.8) is 0 Å². The fraction of sp³-hybridized carbons (Fsp3) is 0.667. The minimum Gasteiger partial charge on any atom is -0.472 e. The van der Waals surface area contributed by atoms with Crippen molar-refractivity contribution in [3.05, 3.63) is 35.3 Å². The number of methoxy groups -OCH3 is 1. The molecule has 3 fully saturated rings. The van der Waals surface area contributed by atoms with E-state index in [1.54, 1.807) is 12.5 Å². The second-order valence-electron chi connectivity index (χ2n) is 11.7. The van der Waals surface area contributed by atoms with Crippen LogP contribution in [0.15, 0.2) is 34.2 Å². The van der Waals surface area contributed by atoms with Gasteiger partial charge in [0.2, 0.25) is 0 Å². The summed E-state index contributed by atoms with van der Waals surface area (Å²) in [6.45, 7) is 8.03. The molecule has 7 heteroatoms. The number of Topliss-reactive ketones (excluding diaryl/α,β-unsaturated/α-hetero) is 1. The van der Waals surface area contributed by atoms with E-state index in [-0.39, 0.29) is 42.4 Å². The molecule has 1 aromatic rings. The molecule has 0 spiro atoms. The molecule has 1 aliphatic heterocycles. The first-order valence-corrected chi connectivity index (χ1v) is 12.2. The molecule has 184 valence electrons. The predicted octanol–water partition coefficient (Wildman–Crippen LogP) is 4.16. The van der Waals surface area contributed by atoms with Crippen LogP contribution in [0.2, 0.25) is 0 Å². The average molecular weight is 471 g/mol.